The number of aromatic nitrogens is 3. The summed E-state index contributed by atoms with van der Waals surface area (Å²) < 4.78 is 5.04. The molecule has 10 heteroatoms. The zero-order valence-corrected chi connectivity index (χ0v) is 16.5. The second-order valence-electron chi connectivity index (χ2n) is 7.08. The molecule has 1 fully saturated rings. The zero-order chi connectivity index (χ0) is 21.0. The van der Waals surface area contributed by atoms with E-state index in [0.717, 1.165) is 0 Å². The maximum atomic E-state index is 12.5. The molecule has 1 saturated heterocycles. The van der Waals surface area contributed by atoms with E-state index in [2.05, 4.69) is 32.2 Å². The van der Waals surface area contributed by atoms with Crippen LogP contribution in [-0.4, -0.2) is 81.8 Å². The molecule has 3 heterocycles. The summed E-state index contributed by atoms with van der Waals surface area (Å²) in [6, 6.07) is -0.432. The Morgan fingerprint density at radius 2 is 2.34 bits per heavy atom. The third-order valence-corrected chi connectivity index (χ3v) is 4.82. The first kappa shape index (κ1) is 20.7. The van der Waals surface area contributed by atoms with E-state index in [-0.39, 0.29) is 30.4 Å². The number of hydrogen-bond donors (Lipinski definition) is 4. The van der Waals surface area contributed by atoms with Crippen molar-refractivity contribution in [1.82, 2.24) is 25.2 Å². The number of aliphatic hydroxyl groups is 1. The Morgan fingerprint density at radius 3 is 3.03 bits per heavy atom. The lowest BCUT2D eigenvalue weighted by molar-refractivity contribution is -0.129. The van der Waals surface area contributed by atoms with Gasteiger partial charge in [-0.1, -0.05) is 6.58 Å². The second-order valence-corrected chi connectivity index (χ2v) is 7.08. The van der Waals surface area contributed by atoms with Crippen LogP contribution in [-0.2, 0) is 9.53 Å². The van der Waals surface area contributed by atoms with Gasteiger partial charge in [0.2, 0.25) is 5.91 Å². The number of nitrogens with zero attached hydrogens (tertiary/aromatic N) is 3. The van der Waals surface area contributed by atoms with E-state index in [1.807, 2.05) is 6.92 Å². The number of rotatable bonds is 7. The maximum Gasteiger partial charge on any atom is 0.255 e. The summed E-state index contributed by atoms with van der Waals surface area (Å²) in [4.78, 5) is 37.5. The summed E-state index contributed by atoms with van der Waals surface area (Å²) in [6.07, 6.45) is 4.15. The van der Waals surface area contributed by atoms with Crippen molar-refractivity contribution in [2.45, 2.75) is 31.5 Å². The molecule has 2 aromatic heterocycles. The van der Waals surface area contributed by atoms with Crippen LogP contribution in [0, 0.1) is 0 Å². The van der Waals surface area contributed by atoms with Gasteiger partial charge in [-0.2, -0.15) is 0 Å². The van der Waals surface area contributed by atoms with Crippen molar-refractivity contribution in [1.29, 1.82) is 0 Å². The molecule has 0 aliphatic carbocycles. The number of likely N-dealkylation sites (tertiary alicyclic amines) is 1. The largest absolute Gasteiger partial charge is 0.389 e. The smallest absolute Gasteiger partial charge is 0.255 e. The van der Waals surface area contributed by atoms with Crippen LogP contribution in [0.1, 0.15) is 23.7 Å². The Kier molecular flexibility index (Phi) is 6.45. The molecule has 3 rings (SSSR count). The lowest BCUT2D eigenvalue weighted by Gasteiger charge is -2.35. The summed E-state index contributed by atoms with van der Waals surface area (Å²) in [7, 11) is 1.57. The first-order chi connectivity index (χ1) is 13.9. The molecule has 0 radical (unpaired) electrons. The number of β-amino-alcohol motifs (C(OH)–C–C–N with tert-alkyl or cyclic N) is 1. The Hall–Kier alpha value is -2.98. The molecule has 2 amide bonds. The Labute approximate surface area is 168 Å². The van der Waals surface area contributed by atoms with E-state index >= 15 is 0 Å². The number of piperidine rings is 1. The zero-order valence-electron chi connectivity index (χ0n) is 16.5. The van der Waals surface area contributed by atoms with E-state index in [4.69, 9.17) is 4.74 Å². The van der Waals surface area contributed by atoms with Crippen LogP contribution >= 0.6 is 0 Å². The number of fused-ring (bicyclic) bond motifs is 1. The molecule has 29 heavy (non-hydrogen) atoms. The van der Waals surface area contributed by atoms with E-state index in [1.165, 1.54) is 6.08 Å². The fraction of sp³-hybridized carbons (Fsp3) is 0.474. The highest BCUT2D eigenvalue weighted by atomic mass is 16.5. The van der Waals surface area contributed by atoms with Gasteiger partial charge in [0, 0.05) is 32.4 Å². The minimum Gasteiger partial charge on any atom is -0.389 e. The van der Waals surface area contributed by atoms with Crippen LogP contribution in [0.25, 0.3) is 11.2 Å². The van der Waals surface area contributed by atoms with E-state index in [9.17, 15) is 14.7 Å². The van der Waals surface area contributed by atoms with Crippen LogP contribution in [0.2, 0.25) is 0 Å². The number of methoxy groups -OCH3 is 1. The summed E-state index contributed by atoms with van der Waals surface area (Å²) in [6.45, 7) is 6.44. The van der Waals surface area contributed by atoms with Gasteiger partial charge < -0.3 is 30.4 Å². The molecular formula is C19H26N6O4. The molecular weight excluding hydrogens is 376 g/mol. The van der Waals surface area contributed by atoms with Gasteiger partial charge in [0.1, 0.15) is 11.3 Å². The molecule has 156 valence electrons. The number of ether oxygens (including phenoxy) is 1. The van der Waals surface area contributed by atoms with Gasteiger partial charge in [0.15, 0.2) is 5.65 Å². The van der Waals surface area contributed by atoms with Crippen molar-refractivity contribution in [3.05, 3.63) is 30.6 Å². The fourth-order valence-corrected chi connectivity index (χ4v) is 3.35. The van der Waals surface area contributed by atoms with Crippen molar-refractivity contribution in [2.24, 2.45) is 0 Å². The number of nitrogens with one attached hydrogen (secondary N) is 3. The van der Waals surface area contributed by atoms with Crippen LogP contribution in [0.3, 0.4) is 0 Å². The number of carbonyl (C=O) groups is 2. The van der Waals surface area contributed by atoms with Crippen LogP contribution in [0.15, 0.2) is 25.0 Å². The molecule has 0 bridgehead atoms. The molecule has 0 unspecified atom stereocenters. The van der Waals surface area contributed by atoms with Gasteiger partial charge in [0.05, 0.1) is 30.5 Å². The fourth-order valence-electron chi connectivity index (χ4n) is 3.35. The monoisotopic (exact) mass is 402 g/mol. The number of anilines is 1. The quantitative estimate of drug-likeness (QED) is 0.489. The normalized spacial score (nSPS) is 20.3. The van der Waals surface area contributed by atoms with Gasteiger partial charge >= 0.3 is 0 Å². The molecule has 0 spiro atoms. The number of amides is 2. The lowest BCUT2D eigenvalue weighted by atomic mass is 10.0. The minimum absolute atomic E-state index is 0.148. The second kappa shape index (κ2) is 9.01. The van der Waals surface area contributed by atoms with E-state index < -0.39 is 6.10 Å². The van der Waals surface area contributed by atoms with Crippen molar-refractivity contribution in [3.63, 3.8) is 0 Å². The highest BCUT2D eigenvalue weighted by Gasteiger charge is 2.29. The van der Waals surface area contributed by atoms with Crippen LogP contribution in [0.5, 0.6) is 0 Å². The SMILES string of the molecule is C=CC(=O)N1CC[C@@H](Nc2cnc3[nH]cc(C(=O)N[C@H](C)COC)c3n2)[C@@H](O)C1. The summed E-state index contributed by atoms with van der Waals surface area (Å²) in [5.41, 5.74) is 1.31. The molecule has 0 aromatic carbocycles. The van der Waals surface area contributed by atoms with Crippen molar-refractivity contribution in [3.8, 4) is 0 Å². The minimum atomic E-state index is -0.756. The third-order valence-electron chi connectivity index (χ3n) is 4.82. The summed E-state index contributed by atoms with van der Waals surface area (Å²) >= 11 is 0. The lowest BCUT2D eigenvalue weighted by Crippen LogP contribution is -2.51. The topological polar surface area (TPSA) is 132 Å². The Balaban J connectivity index is 1.72. The predicted molar refractivity (Wildman–Crippen MR) is 108 cm³/mol. The average Bonchev–Trinajstić information content (AvgIpc) is 3.12. The molecule has 1 aliphatic heterocycles. The number of H-pyrrole nitrogens is 1. The van der Waals surface area contributed by atoms with Gasteiger partial charge in [-0.3, -0.25) is 9.59 Å². The molecule has 4 N–H and O–H groups in total. The summed E-state index contributed by atoms with van der Waals surface area (Å²) in [5, 5.41) is 16.4. The molecule has 1 aliphatic rings. The van der Waals surface area contributed by atoms with Crippen molar-refractivity contribution < 1.29 is 19.4 Å². The van der Waals surface area contributed by atoms with Gasteiger partial charge in [-0.05, 0) is 19.4 Å². The highest BCUT2D eigenvalue weighted by molar-refractivity contribution is 6.04. The van der Waals surface area contributed by atoms with Gasteiger partial charge in [-0.15, -0.1) is 0 Å². The third kappa shape index (κ3) is 4.72. The number of aromatic amines is 1. The maximum absolute atomic E-state index is 12.5. The van der Waals surface area contributed by atoms with Crippen LogP contribution in [0.4, 0.5) is 5.82 Å². The first-order valence-electron chi connectivity index (χ1n) is 9.42. The standard InChI is InChI=1S/C19H26N6O4/c1-4-16(27)25-6-5-13(14(26)9-25)23-15-8-21-18-17(24-15)12(7-20-18)19(28)22-11(2)10-29-3/h4,7-8,11,13-14,26H,1,5-6,9-10H2,2-3H3,(H,20,21)(H,22,28)(H,23,24)/t11-,13-,14+/m1/s1. The average molecular weight is 402 g/mol. The van der Waals surface area contributed by atoms with Gasteiger partial charge in [-0.25, -0.2) is 9.97 Å². The molecule has 2 aromatic rings. The Morgan fingerprint density at radius 1 is 1.55 bits per heavy atom. The van der Waals surface area contributed by atoms with Crippen molar-refractivity contribution in [2.75, 3.05) is 32.1 Å². The predicted octanol–water partition coefficient (Wildman–Crippen LogP) is 0.282. The first-order valence-corrected chi connectivity index (χ1v) is 9.42. The van der Waals surface area contributed by atoms with Gasteiger partial charge in [0.25, 0.3) is 5.91 Å². The number of aliphatic hydroxyl groups excluding tert-OH is 1. The Bertz CT molecular complexity index is 898. The van der Waals surface area contributed by atoms with Crippen LogP contribution < -0.4 is 10.6 Å². The highest BCUT2D eigenvalue weighted by Crippen LogP contribution is 2.20. The summed E-state index contributed by atoms with van der Waals surface area (Å²) in [5.74, 6) is -0.0263. The van der Waals surface area contributed by atoms with E-state index in [1.54, 1.807) is 24.4 Å². The van der Waals surface area contributed by atoms with Crippen molar-refractivity contribution >= 4 is 28.8 Å². The van der Waals surface area contributed by atoms with E-state index in [0.29, 0.717) is 42.1 Å². The molecule has 3 atom stereocenters. The number of carbonyl (C=O) groups excluding carboxylic acids is 2. The number of hydrogen-bond acceptors (Lipinski definition) is 7. The molecule has 10 nitrogen and oxygen atoms in total. The molecule has 0 saturated carbocycles.